The topological polar surface area (TPSA) is 97.1 Å². The number of hydrogen-bond acceptors (Lipinski definition) is 3. The number of hydrogen-bond donors (Lipinski definition) is 3. The number of nitrogens with zero attached hydrogens (tertiary/aromatic N) is 1. The highest BCUT2D eigenvalue weighted by atomic mass is 19.1. The Labute approximate surface area is 91.0 Å². The molecule has 0 aromatic carbocycles. The minimum atomic E-state index is -0.720. The SMILES string of the molecule is NC(=O)NCCNC(=O)c1ccnc(F)c1. The maximum Gasteiger partial charge on any atom is 0.312 e. The molecule has 0 bridgehead atoms. The van der Waals surface area contributed by atoms with Crippen LogP contribution in [0.25, 0.3) is 0 Å². The molecule has 7 heteroatoms. The number of halogens is 1. The van der Waals surface area contributed by atoms with Crippen LogP contribution in [0.15, 0.2) is 18.3 Å². The summed E-state index contributed by atoms with van der Waals surface area (Å²) in [7, 11) is 0. The van der Waals surface area contributed by atoms with Crippen molar-refractivity contribution >= 4 is 11.9 Å². The Kier molecular flexibility index (Phi) is 4.19. The molecule has 0 spiro atoms. The van der Waals surface area contributed by atoms with E-state index in [2.05, 4.69) is 15.6 Å². The van der Waals surface area contributed by atoms with Crippen molar-refractivity contribution in [1.82, 2.24) is 15.6 Å². The standard InChI is InChI=1S/C9H11FN4O2/c10-7-5-6(1-2-12-7)8(15)13-3-4-14-9(11)16/h1-2,5H,3-4H2,(H,13,15)(H3,11,14,16). The van der Waals surface area contributed by atoms with Crippen molar-refractivity contribution < 1.29 is 14.0 Å². The highest BCUT2D eigenvalue weighted by Crippen LogP contribution is 1.99. The van der Waals surface area contributed by atoms with E-state index in [9.17, 15) is 14.0 Å². The van der Waals surface area contributed by atoms with Crippen LogP contribution in [0.4, 0.5) is 9.18 Å². The van der Waals surface area contributed by atoms with Crippen LogP contribution in [0.3, 0.4) is 0 Å². The van der Waals surface area contributed by atoms with Gasteiger partial charge in [-0.2, -0.15) is 4.39 Å². The summed E-state index contributed by atoms with van der Waals surface area (Å²) >= 11 is 0. The lowest BCUT2D eigenvalue weighted by molar-refractivity contribution is 0.0953. The largest absolute Gasteiger partial charge is 0.352 e. The Bertz CT molecular complexity index is 397. The van der Waals surface area contributed by atoms with E-state index in [0.29, 0.717) is 0 Å². The fraction of sp³-hybridized carbons (Fsp3) is 0.222. The van der Waals surface area contributed by atoms with Gasteiger partial charge in [-0.1, -0.05) is 0 Å². The number of rotatable bonds is 4. The second kappa shape index (κ2) is 5.64. The van der Waals surface area contributed by atoms with Crippen LogP contribution < -0.4 is 16.4 Å². The van der Waals surface area contributed by atoms with Crippen LogP contribution in [-0.4, -0.2) is 30.0 Å². The van der Waals surface area contributed by atoms with E-state index in [1.165, 1.54) is 12.3 Å². The van der Waals surface area contributed by atoms with Gasteiger partial charge >= 0.3 is 6.03 Å². The predicted octanol–water partition coefficient (Wildman–Crippen LogP) is -0.381. The van der Waals surface area contributed by atoms with Gasteiger partial charge < -0.3 is 16.4 Å². The average Bonchev–Trinajstić information content (AvgIpc) is 2.24. The van der Waals surface area contributed by atoms with Crippen molar-refractivity contribution in [3.63, 3.8) is 0 Å². The molecule has 16 heavy (non-hydrogen) atoms. The van der Waals surface area contributed by atoms with Gasteiger partial charge in [0.15, 0.2) is 0 Å². The summed E-state index contributed by atoms with van der Waals surface area (Å²) in [6.07, 6.45) is 1.20. The zero-order valence-electron chi connectivity index (χ0n) is 8.37. The molecule has 3 amide bonds. The number of aromatic nitrogens is 1. The molecule has 0 fully saturated rings. The monoisotopic (exact) mass is 226 g/mol. The minimum Gasteiger partial charge on any atom is -0.352 e. The number of carbonyl (C=O) groups is 2. The van der Waals surface area contributed by atoms with E-state index in [4.69, 9.17) is 5.73 Å². The third kappa shape index (κ3) is 3.91. The maximum atomic E-state index is 12.7. The second-order valence-electron chi connectivity index (χ2n) is 2.91. The molecule has 1 aromatic rings. The number of nitrogens with one attached hydrogen (secondary N) is 2. The first-order valence-electron chi connectivity index (χ1n) is 4.52. The number of nitrogens with two attached hydrogens (primary N) is 1. The smallest absolute Gasteiger partial charge is 0.312 e. The zero-order chi connectivity index (χ0) is 12.0. The van der Waals surface area contributed by atoms with Gasteiger partial charge in [-0.3, -0.25) is 4.79 Å². The molecule has 1 aromatic heterocycles. The second-order valence-corrected chi connectivity index (χ2v) is 2.91. The molecule has 0 aliphatic heterocycles. The van der Waals surface area contributed by atoms with Gasteiger partial charge in [-0.15, -0.1) is 0 Å². The van der Waals surface area contributed by atoms with Crippen LogP contribution in [0, 0.1) is 5.95 Å². The predicted molar refractivity (Wildman–Crippen MR) is 54.1 cm³/mol. The summed E-state index contributed by atoms with van der Waals surface area (Å²) in [5, 5.41) is 4.78. The first kappa shape index (κ1) is 11.9. The normalized spacial score (nSPS) is 9.56. The first-order valence-corrected chi connectivity index (χ1v) is 4.52. The van der Waals surface area contributed by atoms with Crippen LogP contribution in [-0.2, 0) is 0 Å². The van der Waals surface area contributed by atoms with Crippen LogP contribution in [0.5, 0.6) is 0 Å². The van der Waals surface area contributed by atoms with Crippen molar-refractivity contribution in [3.8, 4) is 0 Å². The lowest BCUT2D eigenvalue weighted by atomic mass is 10.2. The van der Waals surface area contributed by atoms with Gasteiger partial charge in [0.1, 0.15) is 0 Å². The molecule has 1 rings (SSSR count). The van der Waals surface area contributed by atoms with Crippen LogP contribution in [0.1, 0.15) is 10.4 Å². The van der Waals surface area contributed by atoms with Crippen LogP contribution in [0.2, 0.25) is 0 Å². The number of primary amides is 1. The lowest BCUT2D eigenvalue weighted by Crippen LogP contribution is -2.37. The molecule has 0 aliphatic rings. The Balaban J connectivity index is 2.38. The first-order chi connectivity index (χ1) is 7.59. The third-order valence-corrected chi connectivity index (χ3v) is 1.70. The van der Waals surface area contributed by atoms with E-state index in [1.54, 1.807) is 0 Å². The number of amides is 3. The summed E-state index contributed by atoms with van der Waals surface area (Å²) in [6, 6.07) is 1.75. The molecule has 0 aliphatic carbocycles. The van der Waals surface area contributed by atoms with Crippen molar-refractivity contribution in [2.75, 3.05) is 13.1 Å². The van der Waals surface area contributed by atoms with Gasteiger partial charge in [0.05, 0.1) is 0 Å². The highest BCUT2D eigenvalue weighted by Gasteiger charge is 2.05. The van der Waals surface area contributed by atoms with E-state index in [1.807, 2.05) is 0 Å². The molecule has 0 unspecified atom stereocenters. The summed E-state index contributed by atoms with van der Waals surface area (Å²) in [5.74, 6) is -1.16. The summed E-state index contributed by atoms with van der Waals surface area (Å²) in [5.41, 5.74) is 4.99. The number of carbonyl (C=O) groups excluding carboxylic acids is 2. The number of urea groups is 1. The molecular weight excluding hydrogens is 215 g/mol. The molecule has 0 atom stereocenters. The van der Waals surface area contributed by atoms with Gasteiger partial charge in [-0.25, -0.2) is 9.78 Å². The van der Waals surface area contributed by atoms with Gasteiger partial charge in [-0.05, 0) is 6.07 Å². The molecule has 0 saturated carbocycles. The Morgan fingerprint density at radius 1 is 1.38 bits per heavy atom. The molecule has 1 heterocycles. The van der Waals surface area contributed by atoms with Gasteiger partial charge in [0, 0.05) is 30.9 Å². The minimum absolute atomic E-state index is 0.173. The third-order valence-electron chi connectivity index (χ3n) is 1.70. The molecule has 4 N–H and O–H groups in total. The molecule has 86 valence electrons. The van der Waals surface area contributed by atoms with E-state index >= 15 is 0 Å². The molecule has 0 saturated heterocycles. The average molecular weight is 226 g/mol. The Hall–Kier alpha value is -2.18. The van der Waals surface area contributed by atoms with Gasteiger partial charge in [0.2, 0.25) is 5.95 Å². The molecule has 6 nitrogen and oxygen atoms in total. The van der Waals surface area contributed by atoms with Crippen molar-refractivity contribution in [1.29, 1.82) is 0 Å². The highest BCUT2D eigenvalue weighted by molar-refractivity contribution is 5.94. The summed E-state index contributed by atoms with van der Waals surface area (Å²) in [6.45, 7) is 0.431. The van der Waals surface area contributed by atoms with E-state index in [-0.39, 0.29) is 18.7 Å². The number of pyridine rings is 1. The van der Waals surface area contributed by atoms with Crippen molar-refractivity contribution in [2.45, 2.75) is 0 Å². The van der Waals surface area contributed by atoms with Crippen LogP contribution >= 0.6 is 0 Å². The fourth-order valence-electron chi connectivity index (χ4n) is 1.01. The maximum absolute atomic E-state index is 12.7. The van der Waals surface area contributed by atoms with E-state index in [0.717, 1.165) is 6.07 Å². The Morgan fingerprint density at radius 2 is 2.06 bits per heavy atom. The van der Waals surface area contributed by atoms with Crippen molar-refractivity contribution in [3.05, 3.63) is 29.8 Å². The molecular formula is C9H11FN4O2. The van der Waals surface area contributed by atoms with Crippen molar-refractivity contribution in [2.24, 2.45) is 5.73 Å². The summed E-state index contributed by atoms with van der Waals surface area (Å²) in [4.78, 5) is 25.0. The Morgan fingerprint density at radius 3 is 2.69 bits per heavy atom. The summed E-state index contributed by atoms with van der Waals surface area (Å²) < 4.78 is 12.7. The lowest BCUT2D eigenvalue weighted by Gasteiger charge is -2.05. The molecule has 0 radical (unpaired) electrons. The quantitative estimate of drug-likeness (QED) is 0.482. The van der Waals surface area contributed by atoms with E-state index < -0.39 is 17.9 Å². The zero-order valence-corrected chi connectivity index (χ0v) is 8.37. The fourth-order valence-corrected chi connectivity index (χ4v) is 1.01. The van der Waals surface area contributed by atoms with Gasteiger partial charge in [0.25, 0.3) is 5.91 Å².